The molecule has 11 heavy (non-hydrogen) atoms. The van der Waals surface area contributed by atoms with Crippen LogP contribution >= 0.6 is 23.5 Å². The maximum atomic E-state index is 11.3. The van der Waals surface area contributed by atoms with Crippen LogP contribution in [0.25, 0.3) is 0 Å². The van der Waals surface area contributed by atoms with Crippen LogP contribution in [0.2, 0.25) is 0 Å². The molecule has 1 heterocycles. The van der Waals surface area contributed by atoms with E-state index in [0.29, 0.717) is 12.3 Å². The summed E-state index contributed by atoms with van der Waals surface area (Å²) in [7, 11) is 0. The summed E-state index contributed by atoms with van der Waals surface area (Å²) in [6.07, 6.45) is 2.74. The number of nitrogens with zero attached hydrogens (tertiary/aromatic N) is 1. The van der Waals surface area contributed by atoms with Gasteiger partial charge < -0.3 is 4.90 Å². The van der Waals surface area contributed by atoms with Crippen LogP contribution in [0.1, 0.15) is 6.42 Å². The van der Waals surface area contributed by atoms with E-state index in [1.54, 1.807) is 11.8 Å². The van der Waals surface area contributed by atoms with Gasteiger partial charge in [-0.1, -0.05) is 0 Å². The van der Waals surface area contributed by atoms with Gasteiger partial charge in [-0.05, 0) is 6.26 Å². The summed E-state index contributed by atoms with van der Waals surface area (Å²) in [4.78, 5) is 13.2. The first-order valence-electron chi connectivity index (χ1n) is 3.69. The van der Waals surface area contributed by atoms with E-state index in [9.17, 15) is 4.79 Å². The largest absolute Gasteiger partial charge is 0.333 e. The van der Waals surface area contributed by atoms with Crippen LogP contribution in [-0.4, -0.2) is 41.0 Å². The van der Waals surface area contributed by atoms with Crippen molar-refractivity contribution in [1.82, 2.24) is 4.90 Å². The molecule has 0 N–H and O–H groups in total. The monoisotopic (exact) mass is 191 g/mol. The molecular formula is C7H13NOS2. The first-order chi connectivity index (χ1) is 5.34. The molecule has 1 rings (SSSR count). The van der Waals surface area contributed by atoms with Gasteiger partial charge in [-0.15, -0.1) is 11.8 Å². The Bertz CT molecular complexity index is 134. The normalized spacial score (nSPS) is 17.4. The Morgan fingerprint density at radius 1 is 1.73 bits per heavy atom. The molecule has 0 unspecified atom stereocenters. The van der Waals surface area contributed by atoms with Crippen molar-refractivity contribution in [2.45, 2.75) is 6.42 Å². The second-order valence-corrected chi connectivity index (χ2v) is 4.50. The van der Waals surface area contributed by atoms with Crippen LogP contribution in [0.15, 0.2) is 0 Å². The van der Waals surface area contributed by atoms with Crippen LogP contribution < -0.4 is 0 Å². The summed E-state index contributed by atoms with van der Waals surface area (Å²) in [6, 6.07) is 0. The third-order valence-electron chi connectivity index (χ3n) is 1.63. The van der Waals surface area contributed by atoms with Crippen LogP contribution in [0.3, 0.4) is 0 Å². The number of hydrogen-bond donors (Lipinski definition) is 0. The van der Waals surface area contributed by atoms with Gasteiger partial charge in [-0.2, -0.15) is 11.8 Å². The minimum Gasteiger partial charge on any atom is -0.333 e. The van der Waals surface area contributed by atoms with Gasteiger partial charge >= 0.3 is 0 Å². The molecular weight excluding hydrogens is 178 g/mol. The molecule has 4 heteroatoms. The molecule has 0 aliphatic carbocycles. The molecule has 1 amide bonds. The van der Waals surface area contributed by atoms with E-state index in [1.165, 1.54) is 0 Å². The molecule has 2 nitrogen and oxygen atoms in total. The Hall–Kier alpha value is 0.170. The molecule has 1 fully saturated rings. The van der Waals surface area contributed by atoms with E-state index >= 15 is 0 Å². The van der Waals surface area contributed by atoms with Crippen molar-refractivity contribution in [2.24, 2.45) is 0 Å². The minimum absolute atomic E-state index is 0.323. The highest BCUT2D eigenvalue weighted by atomic mass is 32.2. The fourth-order valence-electron chi connectivity index (χ4n) is 0.958. The predicted molar refractivity (Wildman–Crippen MR) is 52.0 cm³/mol. The van der Waals surface area contributed by atoms with Crippen molar-refractivity contribution < 1.29 is 4.79 Å². The van der Waals surface area contributed by atoms with Gasteiger partial charge in [0.1, 0.15) is 0 Å². The summed E-state index contributed by atoms with van der Waals surface area (Å²) >= 11 is 3.58. The van der Waals surface area contributed by atoms with E-state index < -0.39 is 0 Å². The van der Waals surface area contributed by atoms with Crippen molar-refractivity contribution in [3.63, 3.8) is 0 Å². The third-order valence-corrected chi connectivity index (χ3v) is 3.20. The lowest BCUT2D eigenvalue weighted by atomic mass is 10.4. The SMILES string of the molecule is CSCCC(=O)N1CCSC1. The van der Waals surface area contributed by atoms with Crippen molar-refractivity contribution in [2.75, 3.05) is 30.2 Å². The Morgan fingerprint density at radius 2 is 2.55 bits per heavy atom. The highest BCUT2D eigenvalue weighted by Crippen LogP contribution is 2.14. The quantitative estimate of drug-likeness (QED) is 0.670. The summed E-state index contributed by atoms with van der Waals surface area (Å²) in [6.45, 7) is 0.956. The first-order valence-corrected chi connectivity index (χ1v) is 6.24. The molecule has 1 aliphatic heterocycles. The molecule has 0 aromatic heterocycles. The summed E-state index contributed by atoms with van der Waals surface area (Å²) in [5, 5.41) is 0. The maximum Gasteiger partial charge on any atom is 0.224 e. The topological polar surface area (TPSA) is 20.3 Å². The van der Waals surface area contributed by atoms with E-state index in [0.717, 1.165) is 23.9 Å². The average Bonchev–Trinajstić information content (AvgIpc) is 2.52. The fraction of sp³-hybridized carbons (Fsp3) is 0.857. The van der Waals surface area contributed by atoms with Gasteiger partial charge in [0.15, 0.2) is 0 Å². The van der Waals surface area contributed by atoms with Crippen LogP contribution in [0.5, 0.6) is 0 Å². The molecule has 0 aromatic rings. The van der Waals surface area contributed by atoms with Gasteiger partial charge in [0, 0.05) is 24.5 Å². The number of carbonyl (C=O) groups is 1. The van der Waals surface area contributed by atoms with Crippen molar-refractivity contribution in [3.8, 4) is 0 Å². The second kappa shape index (κ2) is 4.93. The van der Waals surface area contributed by atoms with Gasteiger partial charge in [0.2, 0.25) is 5.91 Å². The molecule has 0 spiro atoms. The number of rotatable bonds is 3. The third kappa shape index (κ3) is 2.95. The van der Waals surface area contributed by atoms with Gasteiger partial charge in [-0.25, -0.2) is 0 Å². The van der Waals surface area contributed by atoms with Gasteiger partial charge in [0.25, 0.3) is 0 Å². The second-order valence-electron chi connectivity index (χ2n) is 2.44. The molecule has 1 aliphatic rings. The summed E-state index contributed by atoms with van der Waals surface area (Å²) in [5.74, 6) is 3.31. The van der Waals surface area contributed by atoms with Crippen LogP contribution in [-0.2, 0) is 4.79 Å². The molecule has 0 bridgehead atoms. The smallest absolute Gasteiger partial charge is 0.224 e. The number of thioether (sulfide) groups is 2. The zero-order valence-corrected chi connectivity index (χ0v) is 8.34. The zero-order chi connectivity index (χ0) is 8.10. The zero-order valence-electron chi connectivity index (χ0n) is 6.71. The Kier molecular flexibility index (Phi) is 4.15. The van der Waals surface area contributed by atoms with E-state index in [4.69, 9.17) is 0 Å². The highest BCUT2D eigenvalue weighted by molar-refractivity contribution is 7.99. The molecule has 0 radical (unpaired) electrons. The van der Waals surface area contributed by atoms with Gasteiger partial charge in [-0.3, -0.25) is 4.79 Å². The Morgan fingerprint density at radius 3 is 3.09 bits per heavy atom. The standard InChI is InChI=1S/C7H13NOS2/c1-10-4-2-7(9)8-3-5-11-6-8/h2-6H2,1H3. The summed E-state index contributed by atoms with van der Waals surface area (Å²) < 4.78 is 0. The summed E-state index contributed by atoms with van der Waals surface area (Å²) in [5.41, 5.74) is 0. The molecule has 0 atom stereocenters. The van der Waals surface area contributed by atoms with Gasteiger partial charge in [0.05, 0.1) is 5.88 Å². The highest BCUT2D eigenvalue weighted by Gasteiger charge is 2.16. The molecule has 0 aromatic carbocycles. The minimum atomic E-state index is 0.323. The van der Waals surface area contributed by atoms with Crippen molar-refractivity contribution in [3.05, 3.63) is 0 Å². The lowest BCUT2D eigenvalue weighted by Gasteiger charge is -2.13. The molecule has 64 valence electrons. The van der Waals surface area contributed by atoms with Crippen LogP contribution in [0, 0.1) is 0 Å². The average molecular weight is 191 g/mol. The number of hydrogen-bond acceptors (Lipinski definition) is 3. The number of amides is 1. The Balaban J connectivity index is 2.17. The first kappa shape index (κ1) is 9.26. The Labute approximate surface area is 76.1 Å². The fourth-order valence-corrected chi connectivity index (χ4v) is 2.31. The van der Waals surface area contributed by atoms with E-state index in [2.05, 4.69) is 0 Å². The van der Waals surface area contributed by atoms with Crippen LogP contribution in [0.4, 0.5) is 0 Å². The molecule has 0 saturated carbocycles. The lowest BCUT2D eigenvalue weighted by molar-refractivity contribution is -0.129. The molecule has 1 saturated heterocycles. The predicted octanol–water partition coefficient (Wildman–Crippen LogP) is 1.27. The lowest BCUT2D eigenvalue weighted by Crippen LogP contribution is -2.27. The van der Waals surface area contributed by atoms with E-state index in [-0.39, 0.29) is 0 Å². The maximum absolute atomic E-state index is 11.3. The van der Waals surface area contributed by atoms with Crippen molar-refractivity contribution in [1.29, 1.82) is 0 Å². The van der Waals surface area contributed by atoms with Crippen molar-refractivity contribution >= 4 is 29.4 Å². The number of carbonyl (C=O) groups excluding carboxylic acids is 1. The van der Waals surface area contributed by atoms with E-state index in [1.807, 2.05) is 22.9 Å².